The van der Waals surface area contributed by atoms with Crippen molar-refractivity contribution in [3.8, 4) is 0 Å². The predicted octanol–water partition coefficient (Wildman–Crippen LogP) is 1.50. The van der Waals surface area contributed by atoms with Crippen molar-refractivity contribution in [2.75, 3.05) is 13.1 Å². The summed E-state index contributed by atoms with van der Waals surface area (Å²) in [5, 5.41) is 3.46. The predicted molar refractivity (Wildman–Crippen MR) is 55.5 cm³/mol. The summed E-state index contributed by atoms with van der Waals surface area (Å²) >= 11 is 0. The van der Waals surface area contributed by atoms with Gasteiger partial charge >= 0.3 is 0 Å². The van der Waals surface area contributed by atoms with Crippen LogP contribution in [-0.2, 0) is 0 Å². The fourth-order valence-electron chi connectivity index (χ4n) is 2.88. The monoisotopic (exact) mass is 182 g/mol. The number of nitrogens with one attached hydrogen (secondary N) is 1. The largest absolute Gasteiger partial charge is 0.327 e. The Hall–Kier alpha value is -0.0800. The maximum absolute atomic E-state index is 6.12. The summed E-state index contributed by atoms with van der Waals surface area (Å²) in [7, 11) is 0. The van der Waals surface area contributed by atoms with Gasteiger partial charge in [-0.05, 0) is 37.8 Å². The summed E-state index contributed by atoms with van der Waals surface area (Å²) in [4.78, 5) is 0. The summed E-state index contributed by atoms with van der Waals surface area (Å²) < 4.78 is 0. The Bertz CT molecular complexity index is 152. The van der Waals surface area contributed by atoms with Gasteiger partial charge in [-0.25, -0.2) is 0 Å². The Balaban J connectivity index is 1.78. The van der Waals surface area contributed by atoms with Gasteiger partial charge in [-0.1, -0.05) is 25.7 Å². The first-order chi connectivity index (χ1) is 6.36. The molecule has 2 unspecified atom stereocenters. The van der Waals surface area contributed by atoms with E-state index in [9.17, 15) is 0 Å². The van der Waals surface area contributed by atoms with Crippen LogP contribution >= 0.6 is 0 Å². The Morgan fingerprint density at radius 2 is 1.92 bits per heavy atom. The van der Waals surface area contributed by atoms with Crippen LogP contribution in [0.4, 0.5) is 0 Å². The van der Waals surface area contributed by atoms with Gasteiger partial charge < -0.3 is 11.1 Å². The van der Waals surface area contributed by atoms with Crippen LogP contribution in [0.5, 0.6) is 0 Å². The van der Waals surface area contributed by atoms with Crippen molar-refractivity contribution >= 4 is 0 Å². The van der Waals surface area contributed by atoms with E-state index in [0.717, 1.165) is 24.9 Å². The highest BCUT2D eigenvalue weighted by atomic mass is 14.9. The maximum atomic E-state index is 6.12. The Kier molecular flexibility index (Phi) is 3.23. The fraction of sp³-hybridized carbons (Fsp3) is 1.00. The first-order valence-electron chi connectivity index (χ1n) is 5.82. The lowest BCUT2D eigenvalue weighted by Gasteiger charge is -2.31. The molecule has 1 saturated carbocycles. The Morgan fingerprint density at radius 3 is 2.62 bits per heavy atom. The molecular formula is C11H22N2. The van der Waals surface area contributed by atoms with Crippen molar-refractivity contribution in [3.05, 3.63) is 0 Å². The summed E-state index contributed by atoms with van der Waals surface area (Å²) in [5.74, 6) is 1.76. The van der Waals surface area contributed by atoms with Gasteiger partial charge in [-0.2, -0.15) is 0 Å². The van der Waals surface area contributed by atoms with E-state index < -0.39 is 0 Å². The van der Waals surface area contributed by atoms with Crippen LogP contribution in [0.15, 0.2) is 0 Å². The normalized spacial score (nSPS) is 36.7. The van der Waals surface area contributed by atoms with Gasteiger partial charge in [0.15, 0.2) is 0 Å². The zero-order chi connectivity index (χ0) is 9.10. The smallest absolute Gasteiger partial charge is 0.00914 e. The lowest BCUT2D eigenvalue weighted by atomic mass is 9.85. The molecule has 1 heterocycles. The quantitative estimate of drug-likeness (QED) is 0.679. The molecule has 0 radical (unpaired) electrons. The molecule has 2 nitrogen and oxygen atoms in total. The molecule has 3 N–H and O–H groups in total. The minimum atomic E-state index is 0.474. The Labute approximate surface area is 81.3 Å². The molecule has 2 fully saturated rings. The summed E-state index contributed by atoms with van der Waals surface area (Å²) in [5.41, 5.74) is 6.12. The zero-order valence-corrected chi connectivity index (χ0v) is 8.47. The van der Waals surface area contributed by atoms with E-state index in [-0.39, 0.29) is 0 Å². The standard InChI is InChI=1S/C11H22N2/c12-11-5-6-13-8-10(11)7-9-3-1-2-4-9/h9-11,13H,1-8,12H2. The Morgan fingerprint density at radius 1 is 1.15 bits per heavy atom. The van der Waals surface area contributed by atoms with Crippen LogP contribution in [0.3, 0.4) is 0 Å². The number of piperidine rings is 1. The van der Waals surface area contributed by atoms with Gasteiger partial charge in [0.05, 0.1) is 0 Å². The van der Waals surface area contributed by atoms with E-state index in [0.29, 0.717) is 6.04 Å². The second kappa shape index (κ2) is 4.43. The molecule has 2 rings (SSSR count). The molecule has 2 aliphatic rings. The highest BCUT2D eigenvalue weighted by molar-refractivity contribution is 4.83. The topological polar surface area (TPSA) is 38.0 Å². The molecule has 1 aliphatic carbocycles. The summed E-state index contributed by atoms with van der Waals surface area (Å²) in [6.45, 7) is 2.29. The zero-order valence-electron chi connectivity index (χ0n) is 8.47. The summed E-state index contributed by atoms with van der Waals surface area (Å²) in [6.07, 6.45) is 8.40. The van der Waals surface area contributed by atoms with Crippen molar-refractivity contribution in [2.24, 2.45) is 17.6 Å². The van der Waals surface area contributed by atoms with Crippen LogP contribution in [0.25, 0.3) is 0 Å². The fourth-order valence-corrected chi connectivity index (χ4v) is 2.88. The van der Waals surface area contributed by atoms with E-state index in [1.807, 2.05) is 0 Å². The SMILES string of the molecule is NC1CCNCC1CC1CCCC1. The van der Waals surface area contributed by atoms with E-state index in [4.69, 9.17) is 5.73 Å². The van der Waals surface area contributed by atoms with Gasteiger partial charge in [0, 0.05) is 6.04 Å². The van der Waals surface area contributed by atoms with Crippen LogP contribution in [-0.4, -0.2) is 19.1 Å². The van der Waals surface area contributed by atoms with Crippen LogP contribution in [0.2, 0.25) is 0 Å². The van der Waals surface area contributed by atoms with Crippen LogP contribution in [0.1, 0.15) is 38.5 Å². The van der Waals surface area contributed by atoms with Gasteiger partial charge in [0.1, 0.15) is 0 Å². The molecular weight excluding hydrogens is 160 g/mol. The summed E-state index contributed by atoms with van der Waals surface area (Å²) in [6, 6.07) is 0.474. The third kappa shape index (κ3) is 2.44. The van der Waals surface area contributed by atoms with Gasteiger partial charge in [0.25, 0.3) is 0 Å². The van der Waals surface area contributed by atoms with E-state index in [2.05, 4.69) is 5.32 Å². The van der Waals surface area contributed by atoms with Crippen LogP contribution in [0, 0.1) is 11.8 Å². The van der Waals surface area contributed by atoms with E-state index in [1.165, 1.54) is 38.5 Å². The molecule has 1 aliphatic heterocycles. The first-order valence-corrected chi connectivity index (χ1v) is 5.82. The molecule has 0 aromatic rings. The average Bonchev–Trinajstić information content (AvgIpc) is 2.61. The average molecular weight is 182 g/mol. The first kappa shape index (κ1) is 9.47. The molecule has 76 valence electrons. The highest BCUT2D eigenvalue weighted by Crippen LogP contribution is 2.31. The number of hydrogen-bond donors (Lipinski definition) is 2. The second-order valence-electron chi connectivity index (χ2n) is 4.80. The number of hydrogen-bond acceptors (Lipinski definition) is 2. The van der Waals surface area contributed by atoms with E-state index >= 15 is 0 Å². The lowest BCUT2D eigenvalue weighted by molar-refractivity contribution is 0.268. The van der Waals surface area contributed by atoms with E-state index in [1.54, 1.807) is 0 Å². The molecule has 0 aromatic heterocycles. The minimum Gasteiger partial charge on any atom is -0.327 e. The van der Waals surface area contributed by atoms with Crippen molar-refractivity contribution in [3.63, 3.8) is 0 Å². The highest BCUT2D eigenvalue weighted by Gasteiger charge is 2.26. The molecule has 0 spiro atoms. The van der Waals surface area contributed by atoms with Crippen molar-refractivity contribution in [1.82, 2.24) is 5.32 Å². The van der Waals surface area contributed by atoms with Gasteiger partial charge in [-0.3, -0.25) is 0 Å². The van der Waals surface area contributed by atoms with Crippen LogP contribution < -0.4 is 11.1 Å². The second-order valence-corrected chi connectivity index (χ2v) is 4.80. The molecule has 0 aromatic carbocycles. The molecule has 13 heavy (non-hydrogen) atoms. The molecule has 1 saturated heterocycles. The maximum Gasteiger partial charge on any atom is 0.00914 e. The third-order valence-corrected chi connectivity index (χ3v) is 3.78. The van der Waals surface area contributed by atoms with Crippen molar-refractivity contribution < 1.29 is 0 Å². The van der Waals surface area contributed by atoms with Gasteiger partial charge in [0.2, 0.25) is 0 Å². The molecule has 2 heteroatoms. The minimum absolute atomic E-state index is 0.474. The molecule has 0 bridgehead atoms. The number of nitrogens with two attached hydrogens (primary N) is 1. The third-order valence-electron chi connectivity index (χ3n) is 3.78. The molecule has 0 amide bonds. The molecule has 2 atom stereocenters. The van der Waals surface area contributed by atoms with Crippen molar-refractivity contribution in [1.29, 1.82) is 0 Å². The lowest BCUT2D eigenvalue weighted by Crippen LogP contribution is -2.45. The van der Waals surface area contributed by atoms with Gasteiger partial charge in [-0.15, -0.1) is 0 Å². The van der Waals surface area contributed by atoms with Crippen molar-refractivity contribution in [2.45, 2.75) is 44.6 Å². The number of rotatable bonds is 2.